The van der Waals surface area contributed by atoms with Crippen molar-refractivity contribution in [1.82, 2.24) is 9.97 Å². The molecule has 0 fully saturated rings. The fourth-order valence-corrected chi connectivity index (χ4v) is 1.93. The van der Waals surface area contributed by atoms with Gasteiger partial charge in [-0.25, -0.2) is 4.98 Å². The van der Waals surface area contributed by atoms with Gasteiger partial charge in [0.2, 0.25) is 0 Å². The molecule has 0 aromatic carbocycles. The molecule has 5 heteroatoms. The molecule has 0 unspecified atom stereocenters. The Morgan fingerprint density at radius 3 is 2.73 bits per heavy atom. The van der Waals surface area contributed by atoms with Crippen LogP contribution in [0.2, 0.25) is 0 Å². The first-order chi connectivity index (χ1) is 7.25. The van der Waals surface area contributed by atoms with Crippen molar-refractivity contribution < 1.29 is 0 Å². The van der Waals surface area contributed by atoms with E-state index in [1.807, 2.05) is 19.2 Å². The number of nitrogen functional groups attached to an aromatic ring is 1. The van der Waals surface area contributed by atoms with Gasteiger partial charge in [-0.15, -0.1) is 0 Å². The maximum absolute atomic E-state index is 5.63. The lowest BCUT2D eigenvalue weighted by molar-refractivity contribution is 0.911. The molecule has 0 bridgehead atoms. The number of thiazole rings is 1. The summed E-state index contributed by atoms with van der Waals surface area (Å²) in [6.07, 6.45) is 5.27. The van der Waals surface area contributed by atoms with Gasteiger partial charge in [-0.2, -0.15) is 0 Å². The van der Waals surface area contributed by atoms with Crippen molar-refractivity contribution in [1.29, 1.82) is 0 Å². The molecule has 2 heterocycles. The summed E-state index contributed by atoms with van der Waals surface area (Å²) in [7, 11) is 2.00. The summed E-state index contributed by atoms with van der Waals surface area (Å²) in [5, 5.41) is 1.68. The Hall–Kier alpha value is -1.62. The van der Waals surface area contributed by atoms with Crippen LogP contribution in [0.3, 0.4) is 0 Å². The van der Waals surface area contributed by atoms with Crippen LogP contribution in [-0.2, 0) is 6.54 Å². The molecule has 0 saturated heterocycles. The first kappa shape index (κ1) is 9.92. The number of hydrogen-bond donors (Lipinski definition) is 1. The number of aromatic nitrogens is 2. The third-order valence-electron chi connectivity index (χ3n) is 2.01. The number of hydrogen-bond acceptors (Lipinski definition) is 5. The maximum Gasteiger partial charge on any atom is 0.187 e. The van der Waals surface area contributed by atoms with Crippen LogP contribution in [0.25, 0.3) is 0 Å². The van der Waals surface area contributed by atoms with Crippen molar-refractivity contribution in [3.8, 4) is 0 Å². The van der Waals surface area contributed by atoms with Crippen molar-refractivity contribution in [2.45, 2.75) is 6.54 Å². The number of pyridine rings is 1. The molecule has 0 spiro atoms. The first-order valence-corrected chi connectivity index (χ1v) is 5.38. The van der Waals surface area contributed by atoms with Crippen molar-refractivity contribution in [2.75, 3.05) is 17.7 Å². The summed E-state index contributed by atoms with van der Waals surface area (Å²) in [6, 6.07) is 3.99. The van der Waals surface area contributed by atoms with Gasteiger partial charge in [-0.1, -0.05) is 11.3 Å². The normalized spacial score (nSPS) is 10.2. The van der Waals surface area contributed by atoms with Gasteiger partial charge < -0.3 is 10.6 Å². The van der Waals surface area contributed by atoms with E-state index in [1.165, 1.54) is 16.9 Å². The van der Waals surface area contributed by atoms with Crippen LogP contribution in [0.4, 0.5) is 10.1 Å². The molecule has 0 radical (unpaired) electrons. The van der Waals surface area contributed by atoms with Crippen LogP contribution < -0.4 is 10.6 Å². The zero-order valence-electron chi connectivity index (χ0n) is 8.42. The average Bonchev–Trinajstić information content (AvgIpc) is 2.66. The summed E-state index contributed by atoms with van der Waals surface area (Å²) in [5.41, 5.74) is 6.84. The average molecular weight is 220 g/mol. The Morgan fingerprint density at radius 1 is 1.40 bits per heavy atom. The fourth-order valence-electron chi connectivity index (χ4n) is 1.28. The minimum Gasteiger partial charge on any atom is -0.389 e. The highest BCUT2D eigenvalue weighted by atomic mass is 32.1. The molecule has 2 aromatic rings. The summed E-state index contributed by atoms with van der Waals surface area (Å²) in [5.74, 6) is 0. The molecule has 2 N–H and O–H groups in total. The van der Waals surface area contributed by atoms with Gasteiger partial charge in [-0.05, 0) is 17.7 Å². The zero-order valence-corrected chi connectivity index (χ0v) is 9.24. The van der Waals surface area contributed by atoms with E-state index >= 15 is 0 Å². The van der Waals surface area contributed by atoms with Crippen molar-refractivity contribution in [3.05, 3.63) is 36.3 Å². The van der Waals surface area contributed by atoms with E-state index in [9.17, 15) is 0 Å². The van der Waals surface area contributed by atoms with E-state index in [0.29, 0.717) is 0 Å². The lowest BCUT2D eigenvalue weighted by Gasteiger charge is -2.15. The van der Waals surface area contributed by atoms with Gasteiger partial charge in [0, 0.05) is 26.0 Å². The maximum atomic E-state index is 5.63. The lowest BCUT2D eigenvalue weighted by atomic mass is 10.2. The number of nitrogens with zero attached hydrogens (tertiary/aromatic N) is 3. The van der Waals surface area contributed by atoms with Gasteiger partial charge in [0.05, 0.1) is 6.20 Å². The minimum absolute atomic E-state index is 0.742. The molecule has 78 valence electrons. The van der Waals surface area contributed by atoms with Gasteiger partial charge in [-0.3, -0.25) is 4.98 Å². The Labute approximate surface area is 92.4 Å². The van der Waals surface area contributed by atoms with Crippen molar-refractivity contribution >= 4 is 21.5 Å². The van der Waals surface area contributed by atoms with Crippen LogP contribution >= 0.6 is 11.3 Å². The summed E-state index contributed by atoms with van der Waals surface area (Å²) in [6.45, 7) is 0.815. The Balaban J connectivity index is 2.07. The SMILES string of the molecule is CN(Cc1ccncc1)c1ncc(N)s1. The Bertz CT molecular complexity index is 426. The van der Waals surface area contributed by atoms with Gasteiger partial charge in [0.1, 0.15) is 5.00 Å². The predicted octanol–water partition coefficient (Wildman–Crippen LogP) is 1.76. The molecule has 0 saturated carbocycles. The topological polar surface area (TPSA) is 55.0 Å². The van der Waals surface area contributed by atoms with E-state index in [-0.39, 0.29) is 0 Å². The van der Waals surface area contributed by atoms with Crippen LogP contribution in [0.1, 0.15) is 5.56 Å². The quantitative estimate of drug-likeness (QED) is 0.856. The number of rotatable bonds is 3. The van der Waals surface area contributed by atoms with E-state index in [2.05, 4.69) is 14.9 Å². The highest BCUT2D eigenvalue weighted by molar-refractivity contribution is 7.19. The zero-order chi connectivity index (χ0) is 10.7. The fraction of sp³-hybridized carbons (Fsp3) is 0.200. The summed E-state index contributed by atoms with van der Waals surface area (Å²) < 4.78 is 0. The minimum atomic E-state index is 0.742. The molecule has 0 aliphatic heterocycles. The van der Waals surface area contributed by atoms with Crippen LogP contribution in [0.5, 0.6) is 0 Å². The molecule has 2 aromatic heterocycles. The molecular formula is C10H12N4S. The monoisotopic (exact) mass is 220 g/mol. The first-order valence-electron chi connectivity index (χ1n) is 4.57. The van der Waals surface area contributed by atoms with E-state index in [4.69, 9.17) is 5.73 Å². The number of nitrogens with two attached hydrogens (primary N) is 1. The molecule has 0 aliphatic carbocycles. The molecule has 0 atom stereocenters. The molecule has 4 nitrogen and oxygen atoms in total. The van der Waals surface area contributed by atoms with Crippen LogP contribution in [0, 0.1) is 0 Å². The summed E-state index contributed by atoms with van der Waals surface area (Å²) in [4.78, 5) is 10.3. The third kappa shape index (κ3) is 2.44. The second kappa shape index (κ2) is 4.27. The molecule has 0 amide bonds. The smallest absolute Gasteiger partial charge is 0.187 e. The lowest BCUT2D eigenvalue weighted by Crippen LogP contribution is -2.15. The molecule has 15 heavy (non-hydrogen) atoms. The number of anilines is 2. The van der Waals surface area contributed by atoms with E-state index in [0.717, 1.165) is 16.7 Å². The predicted molar refractivity (Wildman–Crippen MR) is 62.9 cm³/mol. The molecule has 0 aliphatic rings. The second-order valence-electron chi connectivity index (χ2n) is 3.26. The van der Waals surface area contributed by atoms with Crippen LogP contribution in [-0.4, -0.2) is 17.0 Å². The van der Waals surface area contributed by atoms with Gasteiger partial charge in [0.25, 0.3) is 0 Å². The summed E-state index contributed by atoms with van der Waals surface area (Å²) >= 11 is 1.49. The van der Waals surface area contributed by atoms with Crippen molar-refractivity contribution in [3.63, 3.8) is 0 Å². The molecular weight excluding hydrogens is 208 g/mol. The highest BCUT2D eigenvalue weighted by Gasteiger charge is 2.05. The Morgan fingerprint density at radius 2 is 2.13 bits per heavy atom. The standard InChI is InChI=1S/C10H12N4S/c1-14(10-13-6-9(11)15-10)7-8-2-4-12-5-3-8/h2-6H,7,11H2,1H3. The largest absolute Gasteiger partial charge is 0.389 e. The van der Waals surface area contributed by atoms with Crippen molar-refractivity contribution in [2.24, 2.45) is 0 Å². The van der Waals surface area contributed by atoms with E-state index < -0.39 is 0 Å². The third-order valence-corrected chi connectivity index (χ3v) is 2.95. The van der Waals surface area contributed by atoms with Gasteiger partial charge in [0.15, 0.2) is 5.13 Å². The molecule has 2 rings (SSSR count). The Kier molecular flexibility index (Phi) is 2.82. The van der Waals surface area contributed by atoms with E-state index in [1.54, 1.807) is 18.6 Å². The van der Waals surface area contributed by atoms with Crippen LogP contribution in [0.15, 0.2) is 30.7 Å². The van der Waals surface area contributed by atoms with Gasteiger partial charge >= 0.3 is 0 Å². The second-order valence-corrected chi connectivity index (χ2v) is 4.30. The highest BCUT2D eigenvalue weighted by Crippen LogP contribution is 2.23.